The van der Waals surface area contributed by atoms with Crippen LogP contribution in [0.1, 0.15) is 17.4 Å². The van der Waals surface area contributed by atoms with E-state index in [9.17, 15) is 0 Å². The van der Waals surface area contributed by atoms with Crippen molar-refractivity contribution in [2.75, 3.05) is 0 Å². The molecule has 2 rings (SSSR count). The third kappa shape index (κ3) is 3.46. The maximum absolute atomic E-state index is 5.75. The molecule has 88 valence electrons. The summed E-state index contributed by atoms with van der Waals surface area (Å²) in [6.45, 7) is 2.70. The summed E-state index contributed by atoms with van der Waals surface area (Å²) >= 11 is 1.79. The van der Waals surface area contributed by atoms with Crippen molar-refractivity contribution in [3.05, 3.63) is 64.4 Å². The minimum atomic E-state index is 0.653. The number of rotatable bonds is 5. The van der Waals surface area contributed by atoms with Gasteiger partial charge in [-0.1, -0.05) is 30.4 Å². The van der Waals surface area contributed by atoms with E-state index in [1.54, 1.807) is 11.3 Å². The van der Waals surface area contributed by atoms with E-state index in [0.717, 1.165) is 12.2 Å². The molecule has 0 saturated carbocycles. The van der Waals surface area contributed by atoms with Crippen LogP contribution in [0.2, 0.25) is 0 Å². The third-order valence-corrected chi connectivity index (χ3v) is 3.50. The van der Waals surface area contributed by atoms with Crippen molar-refractivity contribution in [3.63, 3.8) is 0 Å². The lowest BCUT2D eigenvalue weighted by molar-refractivity contribution is 0.306. The Kier molecular flexibility index (Phi) is 4.39. The Morgan fingerprint density at radius 1 is 1.18 bits per heavy atom. The molecule has 1 aromatic carbocycles. The highest BCUT2D eigenvalue weighted by molar-refractivity contribution is 7.10. The number of ether oxygens (including phenoxy) is 1. The van der Waals surface area contributed by atoms with Crippen LogP contribution in [-0.4, -0.2) is 0 Å². The molecule has 0 N–H and O–H groups in total. The van der Waals surface area contributed by atoms with E-state index in [2.05, 4.69) is 23.6 Å². The van der Waals surface area contributed by atoms with Crippen molar-refractivity contribution in [3.8, 4) is 5.75 Å². The smallest absolute Gasteiger partial charge is 0.119 e. The molecule has 1 aromatic heterocycles. The molecular formula is C15H16OS. The van der Waals surface area contributed by atoms with Crippen molar-refractivity contribution in [2.45, 2.75) is 20.0 Å². The molecular weight excluding hydrogens is 228 g/mol. The quantitative estimate of drug-likeness (QED) is 0.706. The van der Waals surface area contributed by atoms with Crippen LogP contribution in [0.15, 0.2) is 53.9 Å². The van der Waals surface area contributed by atoms with Gasteiger partial charge in [0.1, 0.15) is 12.4 Å². The van der Waals surface area contributed by atoms with Crippen molar-refractivity contribution in [2.24, 2.45) is 0 Å². The molecule has 0 bridgehead atoms. The molecule has 2 aromatic rings. The number of allylic oxidation sites excluding steroid dienone is 2. The summed E-state index contributed by atoms with van der Waals surface area (Å²) in [6.07, 6.45) is 5.26. The van der Waals surface area contributed by atoms with E-state index in [1.807, 2.05) is 37.3 Å². The van der Waals surface area contributed by atoms with Gasteiger partial charge in [0, 0.05) is 16.9 Å². The SMILES string of the molecule is CC=CCc1sccc1COc1ccccc1. The summed E-state index contributed by atoms with van der Waals surface area (Å²) in [5.74, 6) is 0.927. The molecule has 0 aliphatic rings. The summed E-state index contributed by atoms with van der Waals surface area (Å²) in [7, 11) is 0. The van der Waals surface area contributed by atoms with E-state index < -0.39 is 0 Å². The predicted octanol–water partition coefficient (Wildman–Crippen LogP) is 4.45. The van der Waals surface area contributed by atoms with Gasteiger partial charge in [-0.3, -0.25) is 0 Å². The maximum Gasteiger partial charge on any atom is 0.119 e. The van der Waals surface area contributed by atoms with Gasteiger partial charge in [-0.15, -0.1) is 11.3 Å². The molecule has 2 heteroatoms. The Labute approximate surface area is 106 Å². The zero-order valence-electron chi connectivity index (χ0n) is 9.93. The summed E-state index contributed by atoms with van der Waals surface area (Å²) in [6, 6.07) is 12.1. The number of hydrogen-bond acceptors (Lipinski definition) is 2. The van der Waals surface area contributed by atoms with E-state index in [-0.39, 0.29) is 0 Å². The Morgan fingerprint density at radius 2 is 2.00 bits per heavy atom. The first-order valence-electron chi connectivity index (χ1n) is 5.74. The van der Waals surface area contributed by atoms with Gasteiger partial charge in [0.2, 0.25) is 0 Å². The van der Waals surface area contributed by atoms with E-state index >= 15 is 0 Å². The topological polar surface area (TPSA) is 9.23 Å². The molecule has 0 unspecified atom stereocenters. The molecule has 0 saturated heterocycles. The zero-order chi connectivity index (χ0) is 11.9. The van der Waals surface area contributed by atoms with Crippen molar-refractivity contribution < 1.29 is 4.74 Å². The van der Waals surface area contributed by atoms with Crippen LogP contribution in [0.3, 0.4) is 0 Å². The maximum atomic E-state index is 5.75. The van der Waals surface area contributed by atoms with Gasteiger partial charge in [-0.05, 0) is 30.5 Å². The fourth-order valence-electron chi connectivity index (χ4n) is 1.58. The minimum Gasteiger partial charge on any atom is -0.489 e. The highest BCUT2D eigenvalue weighted by Crippen LogP contribution is 2.20. The number of benzene rings is 1. The second-order valence-corrected chi connectivity index (χ2v) is 4.74. The second-order valence-electron chi connectivity index (χ2n) is 3.74. The Morgan fingerprint density at radius 3 is 2.76 bits per heavy atom. The summed E-state index contributed by atoms with van der Waals surface area (Å²) in [5, 5.41) is 2.13. The van der Waals surface area contributed by atoms with Crippen LogP contribution in [0.5, 0.6) is 5.75 Å². The van der Waals surface area contributed by atoms with Crippen LogP contribution in [0.25, 0.3) is 0 Å². The first kappa shape index (κ1) is 11.9. The Balaban J connectivity index is 1.97. The van der Waals surface area contributed by atoms with Gasteiger partial charge in [-0.25, -0.2) is 0 Å². The monoisotopic (exact) mass is 244 g/mol. The van der Waals surface area contributed by atoms with Gasteiger partial charge in [-0.2, -0.15) is 0 Å². The average molecular weight is 244 g/mol. The second kappa shape index (κ2) is 6.26. The Hall–Kier alpha value is -1.54. The average Bonchev–Trinajstić information content (AvgIpc) is 2.82. The van der Waals surface area contributed by atoms with Crippen LogP contribution in [-0.2, 0) is 13.0 Å². The van der Waals surface area contributed by atoms with Gasteiger partial charge in [0.15, 0.2) is 0 Å². The van der Waals surface area contributed by atoms with Gasteiger partial charge >= 0.3 is 0 Å². The minimum absolute atomic E-state index is 0.653. The molecule has 0 atom stereocenters. The fourth-order valence-corrected chi connectivity index (χ4v) is 2.44. The van der Waals surface area contributed by atoms with Gasteiger partial charge < -0.3 is 4.74 Å². The molecule has 17 heavy (non-hydrogen) atoms. The van der Waals surface area contributed by atoms with Crippen LogP contribution >= 0.6 is 11.3 Å². The van der Waals surface area contributed by atoms with E-state index in [1.165, 1.54) is 10.4 Å². The fraction of sp³-hybridized carbons (Fsp3) is 0.200. The lowest BCUT2D eigenvalue weighted by Crippen LogP contribution is -1.96. The number of para-hydroxylation sites is 1. The van der Waals surface area contributed by atoms with Crippen molar-refractivity contribution >= 4 is 11.3 Å². The summed E-state index contributed by atoms with van der Waals surface area (Å²) in [5.41, 5.74) is 1.29. The molecule has 1 heterocycles. The lowest BCUT2D eigenvalue weighted by atomic mass is 10.2. The first-order chi connectivity index (χ1) is 8.40. The standard InChI is InChI=1S/C15H16OS/c1-2-3-9-15-13(10-11-17-15)12-16-14-7-5-4-6-8-14/h2-8,10-11H,9,12H2,1H3. The lowest BCUT2D eigenvalue weighted by Gasteiger charge is -2.06. The normalized spacial score (nSPS) is 10.9. The largest absolute Gasteiger partial charge is 0.489 e. The highest BCUT2D eigenvalue weighted by atomic mass is 32.1. The van der Waals surface area contributed by atoms with Crippen LogP contribution in [0.4, 0.5) is 0 Å². The summed E-state index contributed by atoms with van der Waals surface area (Å²) < 4.78 is 5.75. The van der Waals surface area contributed by atoms with Gasteiger partial charge in [0.05, 0.1) is 0 Å². The molecule has 0 spiro atoms. The molecule has 0 amide bonds. The highest BCUT2D eigenvalue weighted by Gasteiger charge is 2.03. The number of thiophene rings is 1. The van der Waals surface area contributed by atoms with Crippen LogP contribution in [0, 0.1) is 0 Å². The van der Waals surface area contributed by atoms with Crippen molar-refractivity contribution in [1.82, 2.24) is 0 Å². The van der Waals surface area contributed by atoms with E-state index in [4.69, 9.17) is 4.74 Å². The molecule has 0 aliphatic heterocycles. The molecule has 0 radical (unpaired) electrons. The number of hydrogen-bond donors (Lipinski definition) is 0. The Bertz CT molecular complexity index is 471. The molecule has 1 nitrogen and oxygen atoms in total. The first-order valence-corrected chi connectivity index (χ1v) is 6.62. The van der Waals surface area contributed by atoms with Gasteiger partial charge in [0.25, 0.3) is 0 Å². The predicted molar refractivity (Wildman–Crippen MR) is 73.6 cm³/mol. The van der Waals surface area contributed by atoms with Crippen LogP contribution < -0.4 is 4.74 Å². The molecule has 0 fully saturated rings. The molecule has 0 aliphatic carbocycles. The summed E-state index contributed by atoms with van der Waals surface area (Å²) in [4.78, 5) is 1.39. The third-order valence-electron chi connectivity index (χ3n) is 2.51. The van der Waals surface area contributed by atoms with Crippen molar-refractivity contribution in [1.29, 1.82) is 0 Å². The van der Waals surface area contributed by atoms with E-state index in [0.29, 0.717) is 6.61 Å². The zero-order valence-corrected chi connectivity index (χ0v) is 10.7.